The molecule has 0 N–H and O–H groups in total. The number of carbonyl (C=O) groups is 5. The van der Waals surface area contributed by atoms with Gasteiger partial charge in [0.25, 0.3) is 0 Å². The molecule has 200 valence electrons. The zero-order valence-electron chi connectivity index (χ0n) is 20.9. The summed E-state index contributed by atoms with van der Waals surface area (Å²) < 4.78 is 31.0. The van der Waals surface area contributed by atoms with Crippen LogP contribution in [0.4, 0.5) is 0 Å². The molecule has 0 atom stereocenters. The zero-order valence-corrected chi connectivity index (χ0v) is 20.9. The molecule has 0 amide bonds. The minimum atomic E-state index is -2.85. The molecule has 1 aromatic heterocycles. The van der Waals surface area contributed by atoms with Crippen molar-refractivity contribution in [2.75, 3.05) is 13.2 Å². The van der Waals surface area contributed by atoms with Crippen molar-refractivity contribution in [1.29, 1.82) is 0 Å². The molecule has 12 nitrogen and oxygen atoms in total. The molecule has 12 heteroatoms. The fraction of sp³-hybridized carbons (Fsp3) is 0.583. The molecule has 1 aromatic rings. The van der Waals surface area contributed by atoms with Crippen molar-refractivity contribution in [2.24, 2.45) is 0 Å². The first-order chi connectivity index (χ1) is 17.2. The van der Waals surface area contributed by atoms with Gasteiger partial charge in [-0.1, -0.05) is 20.8 Å². The summed E-state index contributed by atoms with van der Waals surface area (Å²) in [4.78, 5) is 72.1. The quantitative estimate of drug-likeness (QED) is 0.138. The Morgan fingerprint density at radius 2 is 1.42 bits per heavy atom. The molecule has 0 unspecified atom stereocenters. The third-order valence-electron chi connectivity index (χ3n) is 4.53. The molecule has 0 saturated heterocycles. The van der Waals surface area contributed by atoms with Gasteiger partial charge in [-0.25, -0.2) is 0 Å². The van der Waals surface area contributed by atoms with E-state index in [1.54, 1.807) is 6.92 Å². The third-order valence-corrected chi connectivity index (χ3v) is 4.53. The van der Waals surface area contributed by atoms with Crippen LogP contribution in [-0.2, 0) is 44.1 Å². The normalized spacial score (nSPS) is 10.8. The first-order valence-corrected chi connectivity index (χ1v) is 11.7. The summed E-state index contributed by atoms with van der Waals surface area (Å²) >= 11 is 0. The SMILES string of the molecule is CCOC(=O)CCCCCOc1c(C=O)oc(C(OC(=O)CC)(OC(=O)CC)OC(=O)CC)cc1=O. The summed E-state index contributed by atoms with van der Waals surface area (Å²) in [5.41, 5.74) is -0.873. The van der Waals surface area contributed by atoms with Crippen molar-refractivity contribution in [1.82, 2.24) is 0 Å². The third kappa shape index (κ3) is 9.16. The van der Waals surface area contributed by atoms with E-state index in [4.69, 9.17) is 28.1 Å². The molecular formula is C24H32O12. The number of esters is 4. The van der Waals surface area contributed by atoms with Gasteiger partial charge in [0.1, 0.15) is 0 Å². The van der Waals surface area contributed by atoms with Crippen LogP contribution in [0.5, 0.6) is 5.75 Å². The van der Waals surface area contributed by atoms with Gasteiger partial charge >= 0.3 is 29.9 Å². The van der Waals surface area contributed by atoms with Crippen molar-refractivity contribution < 1.29 is 52.1 Å². The Balaban J connectivity index is 3.23. The highest BCUT2D eigenvalue weighted by atomic mass is 16.9. The first-order valence-electron chi connectivity index (χ1n) is 11.7. The molecule has 0 aliphatic rings. The number of aldehydes is 1. The topological polar surface area (TPSA) is 162 Å². The maximum atomic E-state index is 12.8. The van der Waals surface area contributed by atoms with E-state index < -0.39 is 46.6 Å². The second kappa shape index (κ2) is 15.3. The van der Waals surface area contributed by atoms with E-state index in [-0.39, 0.29) is 44.5 Å². The van der Waals surface area contributed by atoms with Crippen molar-refractivity contribution in [3.8, 4) is 5.75 Å². The van der Waals surface area contributed by atoms with Crippen molar-refractivity contribution in [3.63, 3.8) is 0 Å². The lowest BCUT2D eigenvalue weighted by atomic mass is 10.2. The first kappa shape index (κ1) is 30.3. The fourth-order valence-electron chi connectivity index (χ4n) is 2.71. The van der Waals surface area contributed by atoms with Gasteiger partial charge in [-0.3, -0.25) is 28.8 Å². The van der Waals surface area contributed by atoms with E-state index in [0.717, 1.165) is 6.07 Å². The smallest absolute Gasteiger partial charge is 0.486 e. The van der Waals surface area contributed by atoms with Crippen LogP contribution in [0.2, 0.25) is 0 Å². The molecule has 1 heterocycles. The van der Waals surface area contributed by atoms with Crippen LogP contribution in [0.25, 0.3) is 0 Å². The molecule has 0 aliphatic carbocycles. The molecule has 0 spiro atoms. The summed E-state index contributed by atoms with van der Waals surface area (Å²) in [7, 11) is 0. The number of hydrogen-bond acceptors (Lipinski definition) is 12. The lowest BCUT2D eigenvalue weighted by molar-refractivity contribution is -0.347. The van der Waals surface area contributed by atoms with Crippen LogP contribution >= 0.6 is 0 Å². The Morgan fingerprint density at radius 3 is 1.89 bits per heavy atom. The molecule has 0 bridgehead atoms. The Labute approximate surface area is 208 Å². The lowest BCUT2D eigenvalue weighted by Crippen LogP contribution is -2.42. The maximum absolute atomic E-state index is 12.8. The highest BCUT2D eigenvalue weighted by Crippen LogP contribution is 2.32. The molecule has 0 radical (unpaired) electrons. The van der Waals surface area contributed by atoms with Gasteiger partial charge in [0, 0.05) is 31.7 Å². The van der Waals surface area contributed by atoms with Gasteiger partial charge in [0.2, 0.25) is 22.7 Å². The average molecular weight is 513 g/mol. The summed E-state index contributed by atoms with van der Waals surface area (Å²) in [6.45, 7) is 6.36. The van der Waals surface area contributed by atoms with Crippen molar-refractivity contribution in [3.05, 3.63) is 27.8 Å². The van der Waals surface area contributed by atoms with Crippen molar-refractivity contribution >= 4 is 30.2 Å². The molecule has 0 aromatic carbocycles. The molecule has 0 fully saturated rings. The maximum Gasteiger partial charge on any atom is 0.488 e. The van der Waals surface area contributed by atoms with Gasteiger partial charge in [-0.2, -0.15) is 0 Å². The minimum absolute atomic E-state index is 0.0272. The van der Waals surface area contributed by atoms with E-state index >= 15 is 0 Å². The number of hydrogen-bond donors (Lipinski definition) is 0. The Morgan fingerprint density at radius 1 is 0.861 bits per heavy atom. The number of rotatable bonds is 16. The molecule has 0 saturated carbocycles. The fourth-order valence-corrected chi connectivity index (χ4v) is 2.71. The van der Waals surface area contributed by atoms with Crippen molar-refractivity contribution in [2.45, 2.75) is 78.6 Å². The summed E-state index contributed by atoms with van der Waals surface area (Å²) in [6, 6.07) is 0.748. The van der Waals surface area contributed by atoms with Gasteiger partial charge in [-0.15, -0.1) is 0 Å². The predicted octanol–water partition coefficient (Wildman–Crippen LogP) is 2.92. The molecule has 1 rings (SSSR count). The summed E-state index contributed by atoms with van der Waals surface area (Å²) in [5.74, 6) is -7.72. The van der Waals surface area contributed by atoms with E-state index in [0.29, 0.717) is 25.9 Å². The Bertz CT molecular complexity index is 932. The summed E-state index contributed by atoms with van der Waals surface area (Å²) in [6.07, 6.45) is 1.43. The molecular weight excluding hydrogens is 480 g/mol. The average Bonchev–Trinajstić information content (AvgIpc) is 2.86. The Hall–Kier alpha value is -3.70. The molecule has 36 heavy (non-hydrogen) atoms. The predicted molar refractivity (Wildman–Crippen MR) is 122 cm³/mol. The van der Waals surface area contributed by atoms with Gasteiger partial charge in [-0.05, 0) is 26.2 Å². The lowest BCUT2D eigenvalue weighted by Gasteiger charge is -2.29. The number of unbranched alkanes of at least 4 members (excludes halogenated alkanes) is 2. The van der Waals surface area contributed by atoms with E-state index in [9.17, 15) is 28.8 Å². The van der Waals surface area contributed by atoms with E-state index in [2.05, 4.69) is 0 Å². The molecule has 0 aliphatic heterocycles. The number of ether oxygens (including phenoxy) is 5. The van der Waals surface area contributed by atoms with E-state index in [1.165, 1.54) is 20.8 Å². The van der Waals surface area contributed by atoms with Gasteiger partial charge < -0.3 is 28.1 Å². The summed E-state index contributed by atoms with van der Waals surface area (Å²) in [5, 5.41) is 0. The Kier molecular flexibility index (Phi) is 12.9. The van der Waals surface area contributed by atoms with Gasteiger partial charge in [0.05, 0.1) is 13.2 Å². The van der Waals surface area contributed by atoms with Crippen LogP contribution < -0.4 is 10.2 Å². The van der Waals surface area contributed by atoms with Crippen LogP contribution in [0.1, 0.15) is 89.0 Å². The highest BCUT2D eigenvalue weighted by Gasteiger charge is 2.49. The van der Waals surface area contributed by atoms with Crippen LogP contribution in [0, 0.1) is 0 Å². The monoisotopic (exact) mass is 512 g/mol. The number of carbonyl (C=O) groups excluding carboxylic acids is 5. The van der Waals surface area contributed by atoms with Crippen LogP contribution in [-0.4, -0.2) is 43.4 Å². The van der Waals surface area contributed by atoms with Crippen LogP contribution in [0.15, 0.2) is 15.3 Å². The second-order valence-corrected chi connectivity index (χ2v) is 7.29. The van der Waals surface area contributed by atoms with E-state index in [1.807, 2.05) is 0 Å². The largest absolute Gasteiger partial charge is 0.488 e. The second-order valence-electron chi connectivity index (χ2n) is 7.29. The minimum Gasteiger partial charge on any atom is -0.486 e. The zero-order chi connectivity index (χ0) is 27.1. The highest BCUT2D eigenvalue weighted by molar-refractivity contribution is 5.76. The van der Waals surface area contributed by atoms with Gasteiger partial charge in [0.15, 0.2) is 6.29 Å². The van der Waals surface area contributed by atoms with Crippen LogP contribution in [0.3, 0.4) is 0 Å². The standard InChI is InChI=1S/C24H32O12/c1-5-19(27)34-24(35-20(28)6-2,36-21(29)7-3)18-14-16(26)23(17(15-25)33-18)32-13-11-9-10-12-22(30)31-8-4/h14-15H,5-13H2,1-4H3.